The molecule has 1 N–H and O–H groups in total. The topological polar surface area (TPSA) is 144 Å². The third kappa shape index (κ3) is 6.07. The molecular formula is C28H27ClFN5O6. The van der Waals surface area contributed by atoms with Crippen molar-refractivity contribution in [2.45, 2.75) is 18.9 Å². The molecule has 214 valence electrons. The molecule has 13 heteroatoms. The predicted octanol–water partition coefficient (Wildman–Crippen LogP) is 4.02. The first-order valence-corrected chi connectivity index (χ1v) is 12.6. The van der Waals surface area contributed by atoms with Crippen LogP contribution in [0.3, 0.4) is 0 Å². The molecule has 0 bridgehead atoms. The maximum Gasteiger partial charge on any atom is 0.255 e. The Labute approximate surface area is 240 Å². The molecule has 4 aromatic heterocycles. The first kappa shape index (κ1) is 29.7. The number of likely N-dealkylation sites (N-methyl/N-ethyl adjacent to an activating group) is 1. The van der Waals surface area contributed by atoms with Crippen molar-refractivity contribution in [3.05, 3.63) is 53.7 Å². The summed E-state index contributed by atoms with van der Waals surface area (Å²) in [7, 11) is 2.99. The summed E-state index contributed by atoms with van der Waals surface area (Å²) in [5.41, 5.74) is 1.20. The summed E-state index contributed by atoms with van der Waals surface area (Å²) in [6.07, 6.45) is 3.74. The molecular weight excluding hydrogens is 557 g/mol. The van der Waals surface area contributed by atoms with Gasteiger partial charge in [0.1, 0.15) is 29.1 Å². The number of furan rings is 1. The normalized spacial score (nSPS) is 13.3. The molecule has 0 aliphatic carbocycles. The molecule has 4 aromatic rings. The number of pyridine rings is 3. The summed E-state index contributed by atoms with van der Waals surface area (Å²) in [4.78, 5) is 26.9. The highest BCUT2D eigenvalue weighted by molar-refractivity contribution is 5.95. The Balaban J connectivity index is 0.00000387. The lowest BCUT2D eigenvalue weighted by atomic mass is 10.1. The van der Waals surface area contributed by atoms with Gasteiger partial charge in [0.15, 0.2) is 28.6 Å². The second-order valence-electron chi connectivity index (χ2n) is 9.12. The lowest BCUT2D eigenvalue weighted by Gasteiger charge is -2.23. The highest BCUT2D eigenvalue weighted by atomic mass is 35.5. The number of fused-ring (bicyclic) bond motifs is 1. The Hall–Kier alpha value is -4.31. The van der Waals surface area contributed by atoms with Crippen LogP contribution in [0.15, 0.2) is 41.1 Å². The maximum absolute atomic E-state index is 15.2. The minimum Gasteiger partial charge on any atom is -0.494 e. The van der Waals surface area contributed by atoms with Crippen LogP contribution in [0.1, 0.15) is 28.9 Å². The Morgan fingerprint density at radius 1 is 1.22 bits per heavy atom. The fourth-order valence-electron chi connectivity index (χ4n) is 4.42. The number of halogens is 2. The van der Waals surface area contributed by atoms with Crippen LogP contribution >= 0.6 is 12.4 Å². The zero-order valence-corrected chi connectivity index (χ0v) is 23.1. The second-order valence-corrected chi connectivity index (χ2v) is 9.12. The summed E-state index contributed by atoms with van der Waals surface area (Å²) in [5.74, 6) is -0.226. The van der Waals surface area contributed by atoms with E-state index in [0.717, 1.165) is 6.20 Å². The minimum absolute atomic E-state index is 0. The van der Waals surface area contributed by atoms with Gasteiger partial charge in [-0.25, -0.2) is 19.3 Å². The SMILES string of the molecule is COc1cc(C(=O)N(C)CCO)cnc1-c1cc2ncc(F)c(-c3ccc(OC4CCOCC4)c(C#N)n3)c2o1.Cl. The van der Waals surface area contributed by atoms with E-state index < -0.39 is 5.82 Å². The molecule has 11 nitrogen and oxygen atoms in total. The van der Waals surface area contributed by atoms with E-state index in [0.29, 0.717) is 37.3 Å². The van der Waals surface area contributed by atoms with Gasteiger partial charge in [0, 0.05) is 38.7 Å². The number of carbonyl (C=O) groups is 1. The number of hydrogen-bond acceptors (Lipinski definition) is 10. The largest absolute Gasteiger partial charge is 0.494 e. The molecule has 1 fully saturated rings. The Morgan fingerprint density at radius 2 is 2.00 bits per heavy atom. The maximum atomic E-state index is 15.2. The number of nitriles is 1. The predicted molar refractivity (Wildman–Crippen MR) is 147 cm³/mol. The molecule has 41 heavy (non-hydrogen) atoms. The molecule has 1 aliphatic heterocycles. The number of rotatable bonds is 8. The van der Waals surface area contributed by atoms with Crippen LogP contribution in [-0.2, 0) is 4.74 Å². The van der Waals surface area contributed by atoms with E-state index in [9.17, 15) is 10.1 Å². The highest BCUT2D eigenvalue weighted by Gasteiger charge is 2.24. The van der Waals surface area contributed by atoms with E-state index in [4.69, 9.17) is 23.7 Å². The molecule has 0 unspecified atom stereocenters. The van der Waals surface area contributed by atoms with Gasteiger partial charge >= 0.3 is 0 Å². The fourth-order valence-corrected chi connectivity index (χ4v) is 4.42. The van der Waals surface area contributed by atoms with Gasteiger partial charge in [-0.3, -0.25) is 4.79 Å². The number of ether oxygens (including phenoxy) is 3. The zero-order chi connectivity index (χ0) is 28.2. The van der Waals surface area contributed by atoms with Crippen molar-refractivity contribution in [3.63, 3.8) is 0 Å². The van der Waals surface area contributed by atoms with Gasteiger partial charge in [0.2, 0.25) is 0 Å². The standard InChI is InChI=1S/C28H26FN5O6.ClH/c1-34(7-8-35)28(36)16-11-23(37-2)26(32-14-16)24-12-20-27(40-24)25(18(29)15-31-20)19-3-4-22(21(13-30)33-19)39-17-5-9-38-10-6-17;/h3-4,11-12,14-15,17,35H,5-10H2,1-2H3;1H. The van der Waals surface area contributed by atoms with Crippen molar-refractivity contribution in [1.29, 1.82) is 5.26 Å². The average Bonchev–Trinajstić information content (AvgIpc) is 3.41. The van der Waals surface area contributed by atoms with Crippen LogP contribution in [0, 0.1) is 17.1 Å². The van der Waals surface area contributed by atoms with E-state index in [1.165, 1.54) is 24.3 Å². The quantitative estimate of drug-likeness (QED) is 0.323. The zero-order valence-electron chi connectivity index (χ0n) is 22.3. The molecule has 0 radical (unpaired) electrons. The van der Waals surface area contributed by atoms with Crippen molar-refractivity contribution in [2.24, 2.45) is 0 Å². The molecule has 5 heterocycles. The first-order chi connectivity index (χ1) is 19.4. The van der Waals surface area contributed by atoms with Crippen LogP contribution in [0.5, 0.6) is 11.5 Å². The molecule has 0 spiro atoms. The van der Waals surface area contributed by atoms with Crippen molar-refractivity contribution in [1.82, 2.24) is 19.9 Å². The van der Waals surface area contributed by atoms with Gasteiger partial charge in [-0.2, -0.15) is 5.26 Å². The van der Waals surface area contributed by atoms with E-state index in [1.807, 2.05) is 6.07 Å². The third-order valence-electron chi connectivity index (χ3n) is 6.51. The summed E-state index contributed by atoms with van der Waals surface area (Å²) < 4.78 is 38.0. The lowest BCUT2D eigenvalue weighted by molar-refractivity contribution is 0.0253. The number of nitrogens with zero attached hydrogens (tertiary/aromatic N) is 5. The number of hydrogen-bond donors (Lipinski definition) is 1. The number of aromatic nitrogens is 3. The van der Waals surface area contributed by atoms with Gasteiger partial charge in [-0.05, 0) is 18.2 Å². The van der Waals surface area contributed by atoms with Crippen LogP contribution in [0.4, 0.5) is 4.39 Å². The Kier molecular flexibility index (Phi) is 9.34. The Morgan fingerprint density at radius 3 is 2.71 bits per heavy atom. The molecule has 1 aliphatic rings. The summed E-state index contributed by atoms with van der Waals surface area (Å²) in [6.45, 7) is 1.15. The number of amides is 1. The smallest absolute Gasteiger partial charge is 0.255 e. The average molecular weight is 584 g/mol. The fraction of sp³-hybridized carbons (Fsp3) is 0.321. The number of aliphatic hydroxyl groups is 1. The van der Waals surface area contributed by atoms with Crippen molar-refractivity contribution in [3.8, 4) is 40.3 Å². The van der Waals surface area contributed by atoms with Crippen molar-refractivity contribution < 1.29 is 32.9 Å². The van der Waals surface area contributed by atoms with Crippen LogP contribution in [0.2, 0.25) is 0 Å². The first-order valence-electron chi connectivity index (χ1n) is 12.6. The van der Waals surface area contributed by atoms with E-state index in [2.05, 4.69) is 15.0 Å². The second kappa shape index (κ2) is 12.9. The van der Waals surface area contributed by atoms with Gasteiger partial charge in [-0.15, -0.1) is 12.4 Å². The van der Waals surface area contributed by atoms with Crippen molar-refractivity contribution in [2.75, 3.05) is 40.5 Å². The van der Waals surface area contributed by atoms with Crippen LogP contribution < -0.4 is 9.47 Å². The van der Waals surface area contributed by atoms with E-state index in [1.54, 1.807) is 25.2 Å². The minimum atomic E-state index is -0.685. The summed E-state index contributed by atoms with van der Waals surface area (Å²) in [6, 6.07) is 8.29. The molecule has 0 aromatic carbocycles. The lowest BCUT2D eigenvalue weighted by Crippen LogP contribution is -2.29. The third-order valence-corrected chi connectivity index (χ3v) is 6.51. The molecule has 0 saturated carbocycles. The molecule has 5 rings (SSSR count). The van der Waals surface area contributed by atoms with Gasteiger partial charge < -0.3 is 28.6 Å². The summed E-state index contributed by atoms with van der Waals surface area (Å²) >= 11 is 0. The summed E-state index contributed by atoms with van der Waals surface area (Å²) in [5, 5.41) is 18.8. The van der Waals surface area contributed by atoms with E-state index in [-0.39, 0.29) is 82.9 Å². The molecule has 1 amide bonds. The number of aliphatic hydroxyl groups excluding tert-OH is 1. The highest BCUT2D eigenvalue weighted by Crippen LogP contribution is 2.38. The number of methoxy groups -OCH3 is 1. The van der Waals surface area contributed by atoms with Gasteiger partial charge in [0.25, 0.3) is 5.91 Å². The monoisotopic (exact) mass is 583 g/mol. The Bertz CT molecular complexity index is 1600. The number of carbonyl (C=O) groups excluding carboxylic acids is 1. The van der Waals surface area contributed by atoms with Crippen LogP contribution in [0.25, 0.3) is 33.8 Å². The molecule has 1 saturated heterocycles. The van der Waals surface area contributed by atoms with E-state index >= 15 is 4.39 Å². The van der Waals surface area contributed by atoms with Gasteiger partial charge in [-0.1, -0.05) is 0 Å². The van der Waals surface area contributed by atoms with Gasteiger partial charge in [0.05, 0.1) is 49.9 Å². The van der Waals surface area contributed by atoms with Crippen LogP contribution in [-0.4, -0.2) is 77.5 Å². The molecule has 0 atom stereocenters. The van der Waals surface area contributed by atoms with Crippen molar-refractivity contribution >= 4 is 29.4 Å².